The first kappa shape index (κ1) is 13.8. The third kappa shape index (κ3) is 3.66. The second kappa shape index (κ2) is 6.51. The molecule has 19 heavy (non-hydrogen) atoms. The molecule has 2 aromatic rings. The molecule has 2 unspecified atom stereocenters. The van der Waals surface area contributed by atoms with Crippen molar-refractivity contribution in [1.82, 2.24) is 0 Å². The zero-order valence-electron chi connectivity index (χ0n) is 10.1. The molecule has 0 amide bonds. The van der Waals surface area contributed by atoms with E-state index in [1.165, 1.54) is 0 Å². The highest BCUT2D eigenvalue weighted by molar-refractivity contribution is 7.85. The van der Waals surface area contributed by atoms with Crippen molar-refractivity contribution >= 4 is 22.4 Å². The molecule has 96 valence electrons. The van der Waals surface area contributed by atoms with E-state index in [0.29, 0.717) is 15.7 Å². The summed E-state index contributed by atoms with van der Waals surface area (Å²) in [5, 5.41) is 9.83. The monoisotopic (exact) mass is 289 g/mol. The van der Waals surface area contributed by atoms with Crippen LogP contribution in [-0.2, 0) is 10.8 Å². The van der Waals surface area contributed by atoms with E-state index >= 15 is 0 Å². The van der Waals surface area contributed by atoms with Crippen LogP contribution in [0.3, 0.4) is 0 Å². The molecule has 4 heteroatoms. The number of rotatable bonds is 4. The van der Waals surface area contributed by atoms with Crippen molar-refractivity contribution in [1.29, 1.82) is 5.26 Å². The van der Waals surface area contributed by atoms with E-state index in [0.717, 1.165) is 5.56 Å². The number of nitriles is 1. The highest BCUT2D eigenvalue weighted by Gasteiger charge is 2.15. The van der Waals surface area contributed by atoms with Gasteiger partial charge in [0.1, 0.15) is 0 Å². The van der Waals surface area contributed by atoms with Gasteiger partial charge < -0.3 is 0 Å². The summed E-state index contributed by atoms with van der Waals surface area (Å²) in [7, 11) is -1.20. The molecule has 0 aliphatic rings. The number of halogens is 1. The standard InChI is InChI=1S/C15H12ClNOS/c16-14-6-8-15(9-7-14)19(18)11-13(10-17)12-4-2-1-3-5-12/h1-9,13H,11H2. The molecule has 0 fully saturated rings. The molecule has 0 spiro atoms. The fourth-order valence-corrected chi connectivity index (χ4v) is 3.06. The average Bonchev–Trinajstić information content (AvgIpc) is 2.46. The van der Waals surface area contributed by atoms with Crippen LogP contribution in [0.4, 0.5) is 0 Å². The van der Waals surface area contributed by atoms with Crippen molar-refractivity contribution in [3.63, 3.8) is 0 Å². The summed E-state index contributed by atoms with van der Waals surface area (Å²) in [5.74, 6) is -0.0694. The molecule has 0 radical (unpaired) electrons. The molecular weight excluding hydrogens is 278 g/mol. The summed E-state index contributed by atoms with van der Waals surface area (Å²) in [4.78, 5) is 0.695. The van der Waals surface area contributed by atoms with Gasteiger partial charge in [-0.2, -0.15) is 5.26 Å². The Kier molecular flexibility index (Phi) is 4.73. The van der Waals surface area contributed by atoms with Crippen molar-refractivity contribution in [3.05, 3.63) is 65.2 Å². The van der Waals surface area contributed by atoms with E-state index in [9.17, 15) is 9.47 Å². The van der Waals surface area contributed by atoms with Crippen molar-refractivity contribution in [2.75, 3.05) is 5.75 Å². The summed E-state index contributed by atoms with van der Waals surface area (Å²) in [6.45, 7) is 0. The lowest BCUT2D eigenvalue weighted by Crippen LogP contribution is -2.08. The van der Waals surface area contributed by atoms with Crippen LogP contribution in [-0.4, -0.2) is 9.96 Å². The smallest absolute Gasteiger partial charge is 0.0831 e. The Labute approximate surface area is 120 Å². The molecule has 0 N–H and O–H groups in total. The third-order valence-corrected chi connectivity index (χ3v) is 4.44. The maximum Gasteiger partial charge on any atom is 0.0831 e. The lowest BCUT2D eigenvalue weighted by Gasteiger charge is -2.09. The summed E-state index contributed by atoms with van der Waals surface area (Å²) < 4.78 is 12.2. The van der Waals surface area contributed by atoms with E-state index < -0.39 is 10.8 Å². The van der Waals surface area contributed by atoms with Crippen molar-refractivity contribution < 1.29 is 4.21 Å². The first-order valence-electron chi connectivity index (χ1n) is 5.79. The first-order valence-corrected chi connectivity index (χ1v) is 7.49. The number of benzene rings is 2. The lowest BCUT2D eigenvalue weighted by molar-refractivity contribution is 0.680. The zero-order valence-corrected chi connectivity index (χ0v) is 11.7. The van der Waals surface area contributed by atoms with Crippen LogP contribution in [0.25, 0.3) is 0 Å². The Bertz CT molecular complexity index is 604. The van der Waals surface area contributed by atoms with Crippen LogP contribution in [0.1, 0.15) is 11.5 Å². The molecular formula is C15H12ClNOS. The summed E-state index contributed by atoms with van der Waals surface area (Å²) in [6, 6.07) is 18.5. The van der Waals surface area contributed by atoms with E-state index in [4.69, 9.17) is 11.6 Å². The second-order valence-electron chi connectivity index (χ2n) is 4.06. The minimum atomic E-state index is -1.20. The summed E-state index contributed by atoms with van der Waals surface area (Å²) >= 11 is 5.79. The van der Waals surface area contributed by atoms with Crippen molar-refractivity contribution in [2.45, 2.75) is 10.8 Å². The topological polar surface area (TPSA) is 40.9 Å². The Morgan fingerprint density at radius 1 is 1.11 bits per heavy atom. The molecule has 0 bridgehead atoms. The molecule has 2 nitrogen and oxygen atoms in total. The van der Waals surface area contributed by atoms with Crippen LogP contribution < -0.4 is 0 Å². The van der Waals surface area contributed by atoms with Gasteiger partial charge >= 0.3 is 0 Å². The first-order chi connectivity index (χ1) is 9.20. The van der Waals surface area contributed by atoms with Crippen molar-refractivity contribution in [3.8, 4) is 6.07 Å². The molecule has 0 heterocycles. The van der Waals surface area contributed by atoms with Crippen LogP contribution in [0.15, 0.2) is 59.5 Å². The molecule has 0 aliphatic carbocycles. The highest BCUT2D eigenvalue weighted by atomic mass is 35.5. The van der Waals surface area contributed by atoms with Gasteiger partial charge in [-0.05, 0) is 29.8 Å². The van der Waals surface area contributed by atoms with E-state index in [2.05, 4.69) is 6.07 Å². The summed E-state index contributed by atoms with van der Waals surface area (Å²) in [5.41, 5.74) is 0.896. The van der Waals surface area contributed by atoms with Gasteiger partial charge in [-0.1, -0.05) is 41.9 Å². The Hall–Kier alpha value is -1.63. The van der Waals surface area contributed by atoms with Gasteiger partial charge in [0.2, 0.25) is 0 Å². The Morgan fingerprint density at radius 3 is 2.32 bits per heavy atom. The Morgan fingerprint density at radius 2 is 1.74 bits per heavy atom. The molecule has 2 rings (SSSR count). The van der Waals surface area contributed by atoms with Crippen LogP contribution in [0.2, 0.25) is 5.02 Å². The molecule has 0 saturated carbocycles. The van der Waals surface area contributed by atoms with E-state index in [1.807, 2.05) is 30.3 Å². The van der Waals surface area contributed by atoms with Gasteiger partial charge in [-0.3, -0.25) is 4.21 Å². The van der Waals surface area contributed by atoms with Crippen molar-refractivity contribution in [2.24, 2.45) is 0 Å². The van der Waals surface area contributed by atoms with Gasteiger partial charge in [0.05, 0.1) is 22.8 Å². The van der Waals surface area contributed by atoms with Gasteiger partial charge in [0.15, 0.2) is 0 Å². The van der Waals surface area contributed by atoms with Gasteiger partial charge in [-0.25, -0.2) is 0 Å². The lowest BCUT2D eigenvalue weighted by atomic mass is 10.0. The SMILES string of the molecule is N#CC(CS(=O)c1ccc(Cl)cc1)c1ccccc1. The largest absolute Gasteiger partial charge is 0.254 e. The van der Waals surface area contributed by atoms with Crippen LogP contribution in [0, 0.1) is 11.3 Å². The minimum Gasteiger partial charge on any atom is -0.254 e. The minimum absolute atomic E-state index is 0.294. The van der Waals surface area contributed by atoms with Crippen LogP contribution in [0.5, 0.6) is 0 Å². The number of hydrogen-bond donors (Lipinski definition) is 0. The maximum absolute atomic E-state index is 12.2. The second-order valence-corrected chi connectivity index (χ2v) is 5.99. The average molecular weight is 290 g/mol. The highest BCUT2D eigenvalue weighted by Crippen LogP contribution is 2.20. The fourth-order valence-electron chi connectivity index (χ4n) is 1.73. The predicted octanol–water partition coefficient (Wildman–Crippen LogP) is 3.75. The fraction of sp³-hybridized carbons (Fsp3) is 0.133. The molecule has 0 aliphatic heterocycles. The Balaban J connectivity index is 2.13. The zero-order chi connectivity index (χ0) is 13.7. The third-order valence-electron chi connectivity index (χ3n) is 2.75. The van der Waals surface area contributed by atoms with Gasteiger partial charge in [0.25, 0.3) is 0 Å². The summed E-state index contributed by atoms with van der Waals surface area (Å²) in [6.07, 6.45) is 0. The molecule has 0 saturated heterocycles. The quantitative estimate of drug-likeness (QED) is 0.860. The number of nitrogens with zero attached hydrogens (tertiary/aromatic N) is 1. The van der Waals surface area contributed by atoms with E-state index in [1.54, 1.807) is 24.3 Å². The van der Waals surface area contributed by atoms with Crippen LogP contribution >= 0.6 is 11.6 Å². The van der Waals surface area contributed by atoms with E-state index in [-0.39, 0.29) is 5.92 Å². The number of hydrogen-bond acceptors (Lipinski definition) is 2. The normalized spacial score (nSPS) is 13.5. The van der Waals surface area contributed by atoms with Gasteiger partial charge in [-0.15, -0.1) is 0 Å². The van der Waals surface area contributed by atoms with Gasteiger partial charge in [0, 0.05) is 15.7 Å². The molecule has 2 aromatic carbocycles. The molecule has 2 atom stereocenters. The molecule has 0 aromatic heterocycles. The maximum atomic E-state index is 12.2. The predicted molar refractivity (Wildman–Crippen MR) is 77.5 cm³/mol.